The van der Waals surface area contributed by atoms with Gasteiger partial charge < -0.3 is 4.74 Å². The van der Waals surface area contributed by atoms with Crippen LogP contribution in [0.4, 0.5) is 0 Å². The van der Waals surface area contributed by atoms with Crippen molar-refractivity contribution >= 4 is 31.9 Å². The Hall–Kier alpha value is -0.0200. The van der Waals surface area contributed by atoms with Gasteiger partial charge >= 0.3 is 0 Å². The normalized spacial score (nSPS) is 14.4. The maximum atomic E-state index is 5.52. The number of alkyl halides is 1. The molecule has 0 aliphatic heterocycles. The van der Waals surface area contributed by atoms with Gasteiger partial charge in [-0.15, -0.1) is 0 Å². The largest absolute Gasteiger partial charge is 0.493 e. The molecule has 96 valence electrons. The molecule has 0 radical (unpaired) electrons. The Morgan fingerprint density at radius 1 is 1.29 bits per heavy atom. The Balaban J connectivity index is 2.81. The van der Waals surface area contributed by atoms with Crippen molar-refractivity contribution in [1.29, 1.82) is 0 Å². The molecule has 1 aromatic carbocycles. The maximum absolute atomic E-state index is 5.52. The van der Waals surface area contributed by atoms with Crippen LogP contribution in [0.15, 0.2) is 22.7 Å². The van der Waals surface area contributed by atoms with E-state index in [-0.39, 0.29) is 0 Å². The molecule has 0 aliphatic rings. The number of hydrogen-bond acceptors (Lipinski definition) is 1. The summed E-state index contributed by atoms with van der Waals surface area (Å²) in [5.74, 6) is 1.56. The fraction of sp³-hybridized carbons (Fsp3) is 0.571. The van der Waals surface area contributed by atoms with Gasteiger partial charge in [0.2, 0.25) is 0 Å². The van der Waals surface area contributed by atoms with Crippen LogP contribution >= 0.6 is 31.9 Å². The molecule has 0 bridgehead atoms. The van der Waals surface area contributed by atoms with Crippen LogP contribution in [0.25, 0.3) is 0 Å². The first kappa shape index (κ1) is 15.0. The van der Waals surface area contributed by atoms with Crippen molar-refractivity contribution in [1.82, 2.24) is 0 Å². The first-order valence-electron chi connectivity index (χ1n) is 6.16. The second-order valence-corrected chi connectivity index (χ2v) is 6.13. The summed E-state index contributed by atoms with van der Waals surface area (Å²) in [6.45, 7) is 7.20. The molecule has 1 aromatic rings. The molecule has 1 nitrogen and oxygen atoms in total. The van der Waals surface area contributed by atoms with Crippen molar-refractivity contribution in [2.24, 2.45) is 5.92 Å². The monoisotopic (exact) mass is 362 g/mol. The van der Waals surface area contributed by atoms with Gasteiger partial charge in [-0.05, 0) is 52.9 Å². The molecular formula is C14H20Br2O. The minimum atomic E-state index is 0.412. The minimum absolute atomic E-state index is 0.412. The van der Waals surface area contributed by atoms with E-state index >= 15 is 0 Å². The van der Waals surface area contributed by atoms with Crippen molar-refractivity contribution in [2.75, 3.05) is 6.61 Å². The second kappa shape index (κ2) is 7.42. The van der Waals surface area contributed by atoms with E-state index in [1.165, 1.54) is 18.4 Å². The van der Waals surface area contributed by atoms with E-state index in [9.17, 15) is 0 Å². The lowest BCUT2D eigenvalue weighted by molar-refractivity contribution is 0.338. The summed E-state index contributed by atoms with van der Waals surface area (Å²) in [5, 5.41) is 0. The van der Waals surface area contributed by atoms with E-state index in [4.69, 9.17) is 4.74 Å². The standard InChI is InChI=1S/C14H20Br2O/c1-4-6-10(3)14(16)11-7-8-13(17-5-2)12(15)9-11/h7-10,14H,4-6H2,1-3H3. The van der Waals surface area contributed by atoms with Crippen LogP contribution in [0.5, 0.6) is 5.75 Å². The SMILES string of the molecule is CCCC(C)C(Br)c1ccc(OCC)c(Br)c1. The Bertz CT molecular complexity index is 352. The lowest BCUT2D eigenvalue weighted by atomic mass is 9.97. The zero-order valence-corrected chi connectivity index (χ0v) is 13.8. The smallest absolute Gasteiger partial charge is 0.133 e. The Labute approximate surface area is 121 Å². The summed E-state index contributed by atoms with van der Waals surface area (Å²) in [6.07, 6.45) is 2.46. The van der Waals surface area contributed by atoms with Crippen LogP contribution in [0.1, 0.15) is 44.0 Å². The molecule has 3 heteroatoms. The fourth-order valence-corrected chi connectivity index (χ4v) is 2.95. The van der Waals surface area contributed by atoms with Crippen molar-refractivity contribution in [3.05, 3.63) is 28.2 Å². The molecule has 0 N–H and O–H groups in total. The summed E-state index contributed by atoms with van der Waals surface area (Å²) in [5.41, 5.74) is 1.31. The molecule has 0 aliphatic carbocycles. The summed E-state index contributed by atoms with van der Waals surface area (Å²) >= 11 is 7.35. The van der Waals surface area contributed by atoms with Gasteiger partial charge in [0, 0.05) is 4.83 Å². The predicted octanol–water partition coefficient (Wildman–Crippen LogP) is 5.72. The maximum Gasteiger partial charge on any atom is 0.133 e. The zero-order valence-electron chi connectivity index (χ0n) is 10.7. The minimum Gasteiger partial charge on any atom is -0.493 e. The second-order valence-electron chi connectivity index (χ2n) is 4.29. The van der Waals surface area contributed by atoms with Gasteiger partial charge in [0.05, 0.1) is 11.1 Å². The van der Waals surface area contributed by atoms with Crippen LogP contribution in [0, 0.1) is 5.92 Å². The van der Waals surface area contributed by atoms with Gasteiger partial charge in [0.15, 0.2) is 0 Å². The van der Waals surface area contributed by atoms with E-state index in [1.807, 2.05) is 13.0 Å². The highest BCUT2D eigenvalue weighted by molar-refractivity contribution is 9.10. The molecule has 0 spiro atoms. The van der Waals surface area contributed by atoms with Crippen molar-refractivity contribution in [3.63, 3.8) is 0 Å². The highest BCUT2D eigenvalue weighted by atomic mass is 79.9. The number of ether oxygens (including phenoxy) is 1. The van der Waals surface area contributed by atoms with Crippen LogP contribution in [-0.4, -0.2) is 6.61 Å². The van der Waals surface area contributed by atoms with Gasteiger partial charge in [-0.1, -0.05) is 42.3 Å². The lowest BCUT2D eigenvalue weighted by Crippen LogP contribution is -2.03. The number of rotatable bonds is 6. The zero-order chi connectivity index (χ0) is 12.8. The molecule has 0 heterocycles. The molecule has 2 atom stereocenters. The van der Waals surface area contributed by atoms with Gasteiger partial charge in [0.25, 0.3) is 0 Å². The Morgan fingerprint density at radius 2 is 2.00 bits per heavy atom. The van der Waals surface area contributed by atoms with Crippen molar-refractivity contribution < 1.29 is 4.74 Å². The summed E-state index contributed by atoms with van der Waals surface area (Å²) in [6, 6.07) is 6.33. The topological polar surface area (TPSA) is 9.23 Å². The Kier molecular flexibility index (Phi) is 6.57. The molecule has 17 heavy (non-hydrogen) atoms. The van der Waals surface area contributed by atoms with E-state index < -0.39 is 0 Å². The molecule has 0 aromatic heterocycles. The number of benzene rings is 1. The number of halogens is 2. The van der Waals surface area contributed by atoms with E-state index in [1.54, 1.807) is 0 Å². The van der Waals surface area contributed by atoms with Crippen LogP contribution < -0.4 is 4.74 Å². The third-order valence-corrected chi connectivity index (χ3v) is 4.87. The van der Waals surface area contributed by atoms with Crippen molar-refractivity contribution in [3.8, 4) is 5.75 Å². The summed E-state index contributed by atoms with van der Waals surface area (Å²) in [4.78, 5) is 0.412. The van der Waals surface area contributed by atoms with Gasteiger partial charge in [0.1, 0.15) is 5.75 Å². The van der Waals surface area contributed by atoms with Gasteiger partial charge in [-0.3, -0.25) is 0 Å². The third kappa shape index (κ3) is 4.29. The number of hydrogen-bond donors (Lipinski definition) is 0. The molecule has 0 fully saturated rings. The van der Waals surface area contributed by atoms with Crippen LogP contribution in [0.2, 0.25) is 0 Å². The van der Waals surface area contributed by atoms with Gasteiger partial charge in [-0.25, -0.2) is 0 Å². The van der Waals surface area contributed by atoms with E-state index in [2.05, 4.69) is 57.8 Å². The Morgan fingerprint density at radius 3 is 2.53 bits per heavy atom. The van der Waals surface area contributed by atoms with Crippen LogP contribution in [-0.2, 0) is 0 Å². The molecule has 0 saturated carbocycles. The average molecular weight is 364 g/mol. The lowest BCUT2D eigenvalue weighted by Gasteiger charge is -2.19. The fourth-order valence-electron chi connectivity index (χ4n) is 1.89. The van der Waals surface area contributed by atoms with E-state index in [0.717, 1.165) is 10.2 Å². The van der Waals surface area contributed by atoms with E-state index in [0.29, 0.717) is 17.4 Å². The molecule has 2 unspecified atom stereocenters. The summed E-state index contributed by atoms with van der Waals surface area (Å²) < 4.78 is 6.55. The highest BCUT2D eigenvalue weighted by Crippen LogP contribution is 2.37. The first-order chi connectivity index (χ1) is 8.10. The molecule has 1 rings (SSSR count). The van der Waals surface area contributed by atoms with Crippen LogP contribution in [0.3, 0.4) is 0 Å². The highest BCUT2D eigenvalue weighted by Gasteiger charge is 2.16. The summed E-state index contributed by atoms with van der Waals surface area (Å²) in [7, 11) is 0. The van der Waals surface area contributed by atoms with Gasteiger partial charge in [-0.2, -0.15) is 0 Å². The average Bonchev–Trinajstić information content (AvgIpc) is 2.31. The third-order valence-electron chi connectivity index (χ3n) is 2.82. The first-order valence-corrected chi connectivity index (χ1v) is 7.87. The van der Waals surface area contributed by atoms with Crippen molar-refractivity contribution in [2.45, 2.75) is 38.4 Å². The molecule has 0 saturated heterocycles. The molecule has 0 amide bonds. The molecular weight excluding hydrogens is 344 g/mol. The predicted molar refractivity (Wildman–Crippen MR) is 81.1 cm³/mol. The quantitative estimate of drug-likeness (QED) is 0.587.